The molecule has 0 saturated heterocycles. The van der Waals surface area contributed by atoms with E-state index in [-0.39, 0.29) is 0 Å². The van der Waals surface area contributed by atoms with Crippen molar-refractivity contribution < 1.29 is 46.1 Å². The zero-order valence-corrected chi connectivity index (χ0v) is 8.81. The number of hydrogen-bond acceptors (Lipinski definition) is 2. The summed E-state index contributed by atoms with van der Waals surface area (Å²) in [4.78, 5) is 19.1. The van der Waals surface area contributed by atoms with Gasteiger partial charge in [-0.25, -0.2) is 0 Å². The molecule has 0 heterocycles. The number of carboxylic acids is 2. The maximum atomic E-state index is 11.2. The molecule has 18 heavy (non-hydrogen) atoms. The number of halogens is 6. The first-order chi connectivity index (χ1) is 7.83. The first kappa shape index (κ1) is 18.9. The molecule has 0 fully saturated rings. The van der Waals surface area contributed by atoms with E-state index in [1.54, 1.807) is 0 Å². The van der Waals surface area contributed by atoms with Crippen molar-refractivity contribution >= 4 is 11.9 Å². The average molecular weight is 284 g/mol. The van der Waals surface area contributed by atoms with E-state index in [0.29, 0.717) is 0 Å². The fourth-order valence-electron chi connectivity index (χ4n) is 0.497. The van der Waals surface area contributed by atoms with E-state index in [1.165, 1.54) is 0 Å². The number of aliphatic carboxylic acids is 2. The minimum Gasteiger partial charge on any atom is -0.481 e. The van der Waals surface area contributed by atoms with E-state index < -0.39 is 50.0 Å². The van der Waals surface area contributed by atoms with Gasteiger partial charge in [0.25, 0.3) is 0 Å². The second kappa shape index (κ2) is 7.77. The smallest absolute Gasteiger partial charge is 0.389 e. The van der Waals surface area contributed by atoms with Gasteiger partial charge >= 0.3 is 24.3 Å². The Kier molecular flexibility index (Phi) is 8.15. The predicted octanol–water partition coefficient (Wildman–Crippen LogP) is 2.83. The van der Waals surface area contributed by atoms with Crippen LogP contribution in [0.15, 0.2) is 0 Å². The summed E-state index contributed by atoms with van der Waals surface area (Å²) in [6.45, 7) is 0. The van der Waals surface area contributed by atoms with Crippen molar-refractivity contribution in [1.29, 1.82) is 0 Å². The minimum atomic E-state index is -4.35. The maximum Gasteiger partial charge on any atom is 0.389 e. The molecule has 0 aromatic carbocycles. The van der Waals surface area contributed by atoms with Crippen LogP contribution in [0.2, 0.25) is 0 Å². The van der Waals surface area contributed by atoms with Gasteiger partial charge < -0.3 is 10.2 Å². The van der Waals surface area contributed by atoms with Crippen LogP contribution in [0.1, 0.15) is 25.7 Å². The van der Waals surface area contributed by atoms with E-state index in [9.17, 15) is 35.9 Å². The molecule has 10 heteroatoms. The highest BCUT2D eigenvalue weighted by atomic mass is 19.4. The van der Waals surface area contributed by atoms with Crippen molar-refractivity contribution in [3.63, 3.8) is 0 Å². The Hall–Kier alpha value is -1.48. The van der Waals surface area contributed by atoms with Crippen LogP contribution in [0.25, 0.3) is 0 Å². The summed E-state index contributed by atoms with van der Waals surface area (Å²) >= 11 is 0. The van der Waals surface area contributed by atoms with Crippen molar-refractivity contribution in [2.24, 2.45) is 0 Å². The third-order valence-electron chi connectivity index (χ3n) is 1.24. The van der Waals surface area contributed by atoms with Crippen molar-refractivity contribution in [2.75, 3.05) is 0 Å². The Morgan fingerprint density at radius 2 is 0.944 bits per heavy atom. The molecule has 0 spiro atoms. The second-order valence-electron chi connectivity index (χ2n) is 3.02. The van der Waals surface area contributed by atoms with E-state index in [2.05, 4.69) is 0 Å². The van der Waals surface area contributed by atoms with Crippen LogP contribution in [0.4, 0.5) is 26.3 Å². The van der Waals surface area contributed by atoms with Gasteiger partial charge in [-0.1, -0.05) is 0 Å². The molecule has 4 nitrogen and oxygen atoms in total. The van der Waals surface area contributed by atoms with Crippen LogP contribution in [-0.4, -0.2) is 34.5 Å². The van der Waals surface area contributed by atoms with Gasteiger partial charge in [-0.2, -0.15) is 26.3 Å². The highest BCUT2D eigenvalue weighted by Crippen LogP contribution is 2.21. The number of carboxylic acid groups (broad SMARTS) is 2. The molecule has 108 valence electrons. The fraction of sp³-hybridized carbons (Fsp3) is 0.750. The summed E-state index contributed by atoms with van der Waals surface area (Å²) in [7, 11) is 0. The zero-order chi connectivity index (χ0) is 15.0. The van der Waals surface area contributed by atoms with Crippen molar-refractivity contribution in [2.45, 2.75) is 38.0 Å². The molecule has 0 aromatic heterocycles. The van der Waals surface area contributed by atoms with E-state index in [1.807, 2.05) is 0 Å². The summed E-state index contributed by atoms with van der Waals surface area (Å²) in [5, 5.41) is 15.6. The highest BCUT2D eigenvalue weighted by molar-refractivity contribution is 5.66. The molecule has 0 saturated carbocycles. The first-order valence-corrected chi connectivity index (χ1v) is 4.40. The van der Waals surface area contributed by atoms with Gasteiger partial charge in [0, 0.05) is 0 Å². The molecular weight excluding hydrogens is 274 g/mol. The third kappa shape index (κ3) is 24.0. The zero-order valence-electron chi connectivity index (χ0n) is 8.81. The molecule has 2 N–H and O–H groups in total. The fourth-order valence-corrected chi connectivity index (χ4v) is 0.497. The predicted molar refractivity (Wildman–Crippen MR) is 45.8 cm³/mol. The van der Waals surface area contributed by atoms with E-state index in [0.717, 1.165) is 0 Å². The summed E-state index contributed by atoms with van der Waals surface area (Å²) in [5.74, 6) is -2.85. The lowest BCUT2D eigenvalue weighted by Crippen LogP contribution is -2.09. The van der Waals surface area contributed by atoms with Gasteiger partial charge in [-0.05, 0) is 0 Å². The normalized spacial score (nSPS) is 11.4. The molecule has 0 bridgehead atoms. The molecule has 0 aliphatic rings. The Balaban J connectivity index is 0. The molecule has 0 unspecified atom stereocenters. The van der Waals surface area contributed by atoms with Crippen LogP contribution in [0.5, 0.6) is 0 Å². The summed E-state index contributed by atoms with van der Waals surface area (Å²) in [5.41, 5.74) is 0. The Bertz CT molecular complexity index is 242. The third-order valence-corrected chi connectivity index (χ3v) is 1.24. The van der Waals surface area contributed by atoms with Crippen LogP contribution in [-0.2, 0) is 9.59 Å². The van der Waals surface area contributed by atoms with E-state index >= 15 is 0 Å². The summed E-state index contributed by atoms with van der Waals surface area (Å²) < 4.78 is 66.9. The molecule has 0 aliphatic carbocycles. The molecular formula is C8H10F6O4. The SMILES string of the molecule is O=C(O)CCC(F)(F)F.O=C(O)CCC(F)(F)F. The topological polar surface area (TPSA) is 74.6 Å². The van der Waals surface area contributed by atoms with Crippen molar-refractivity contribution in [3.05, 3.63) is 0 Å². The molecule has 0 rings (SSSR count). The lowest BCUT2D eigenvalue weighted by Gasteiger charge is -2.01. The van der Waals surface area contributed by atoms with Gasteiger partial charge in [-0.3, -0.25) is 9.59 Å². The Morgan fingerprint density at radius 1 is 0.722 bits per heavy atom. The molecule has 0 aromatic rings. The Labute approximate surface area is 97.2 Å². The quantitative estimate of drug-likeness (QED) is 0.778. The van der Waals surface area contributed by atoms with Gasteiger partial charge in [-0.15, -0.1) is 0 Å². The lowest BCUT2D eigenvalue weighted by atomic mass is 10.3. The molecule has 0 radical (unpaired) electrons. The van der Waals surface area contributed by atoms with Gasteiger partial charge in [0.1, 0.15) is 0 Å². The van der Waals surface area contributed by atoms with E-state index in [4.69, 9.17) is 10.2 Å². The van der Waals surface area contributed by atoms with Crippen LogP contribution < -0.4 is 0 Å². The second-order valence-corrected chi connectivity index (χ2v) is 3.02. The number of carbonyl (C=O) groups is 2. The van der Waals surface area contributed by atoms with Crippen molar-refractivity contribution in [1.82, 2.24) is 0 Å². The largest absolute Gasteiger partial charge is 0.481 e. The molecule has 0 amide bonds. The van der Waals surface area contributed by atoms with Gasteiger partial charge in [0.05, 0.1) is 25.7 Å². The van der Waals surface area contributed by atoms with Crippen LogP contribution in [0.3, 0.4) is 0 Å². The van der Waals surface area contributed by atoms with Crippen LogP contribution >= 0.6 is 0 Å². The number of alkyl halides is 6. The van der Waals surface area contributed by atoms with Gasteiger partial charge in [0.15, 0.2) is 0 Å². The highest BCUT2D eigenvalue weighted by Gasteiger charge is 2.28. The lowest BCUT2D eigenvalue weighted by molar-refractivity contribution is -0.152. The first-order valence-electron chi connectivity index (χ1n) is 4.40. The van der Waals surface area contributed by atoms with Gasteiger partial charge in [0.2, 0.25) is 0 Å². The monoisotopic (exact) mass is 284 g/mol. The molecule has 0 aliphatic heterocycles. The summed E-state index contributed by atoms with van der Waals surface area (Å²) in [6, 6.07) is 0. The standard InChI is InChI=1S/2C4H5F3O2/c2*5-4(6,7)2-1-3(8)9/h2*1-2H2,(H,8,9). The van der Waals surface area contributed by atoms with Crippen molar-refractivity contribution in [3.8, 4) is 0 Å². The molecule has 0 atom stereocenters. The number of hydrogen-bond donors (Lipinski definition) is 2. The Morgan fingerprint density at radius 3 is 1.00 bits per heavy atom. The minimum absolute atomic E-state index is 0.844. The average Bonchev–Trinajstić information content (AvgIpc) is 2.10. The van der Waals surface area contributed by atoms with Crippen LogP contribution in [0, 0.1) is 0 Å². The summed E-state index contributed by atoms with van der Waals surface area (Å²) in [6.07, 6.45) is -12.9. The maximum absolute atomic E-state index is 11.2. The number of rotatable bonds is 4.